The molecule has 0 aliphatic heterocycles. The molecule has 1 aliphatic rings. The van der Waals surface area contributed by atoms with Crippen LogP contribution in [-0.4, -0.2) is 6.04 Å². The van der Waals surface area contributed by atoms with Gasteiger partial charge in [0.25, 0.3) is 0 Å². The van der Waals surface area contributed by atoms with Crippen LogP contribution in [0, 0.1) is 17.6 Å². The van der Waals surface area contributed by atoms with Crippen molar-refractivity contribution < 1.29 is 8.78 Å². The summed E-state index contributed by atoms with van der Waals surface area (Å²) in [6.45, 7) is 2.67. The number of hydrogen-bond donors (Lipinski definition) is 1. The van der Waals surface area contributed by atoms with Crippen LogP contribution in [-0.2, 0) is 6.54 Å². The van der Waals surface area contributed by atoms with Gasteiger partial charge in [0.1, 0.15) is 11.6 Å². The first-order valence-corrected chi connectivity index (χ1v) is 5.83. The molecule has 3 heteroatoms. The molecular weight excluding hydrogens is 208 g/mol. The van der Waals surface area contributed by atoms with Gasteiger partial charge in [0.05, 0.1) is 0 Å². The lowest BCUT2D eigenvalue weighted by Gasteiger charge is -2.32. The SMILES string of the molecule is CC(NCc1cc(F)cc(F)c1)C1CCC1. The van der Waals surface area contributed by atoms with Crippen LogP contribution < -0.4 is 5.32 Å². The van der Waals surface area contributed by atoms with Gasteiger partial charge < -0.3 is 5.32 Å². The Balaban J connectivity index is 1.88. The Morgan fingerprint density at radius 2 is 1.88 bits per heavy atom. The number of halogens is 2. The van der Waals surface area contributed by atoms with Gasteiger partial charge in [0.15, 0.2) is 0 Å². The van der Waals surface area contributed by atoms with Gasteiger partial charge in [-0.1, -0.05) is 6.42 Å². The van der Waals surface area contributed by atoms with Crippen LogP contribution in [0.25, 0.3) is 0 Å². The minimum atomic E-state index is -0.506. The van der Waals surface area contributed by atoms with E-state index in [1.54, 1.807) is 0 Å². The van der Waals surface area contributed by atoms with Crippen LogP contribution in [0.4, 0.5) is 8.78 Å². The van der Waals surface area contributed by atoms with Crippen LogP contribution >= 0.6 is 0 Å². The van der Waals surface area contributed by atoms with Gasteiger partial charge in [-0.3, -0.25) is 0 Å². The summed E-state index contributed by atoms with van der Waals surface area (Å²) in [5.41, 5.74) is 0.670. The molecule has 16 heavy (non-hydrogen) atoms. The zero-order valence-electron chi connectivity index (χ0n) is 9.47. The van der Waals surface area contributed by atoms with Gasteiger partial charge >= 0.3 is 0 Å². The van der Waals surface area contributed by atoms with Gasteiger partial charge in [-0.25, -0.2) is 8.78 Å². The molecule has 1 saturated carbocycles. The summed E-state index contributed by atoms with van der Waals surface area (Å²) in [5.74, 6) is -0.278. The summed E-state index contributed by atoms with van der Waals surface area (Å²) in [6, 6.07) is 4.09. The Bertz CT molecular complexity index is 341. The molecule has 1 unspecified atom stereocenters. The van der Waals surface area contributed by atoms with Crippen LogP contribution in [0.5, 0.6) is 0 Å². The minimum Gasteiger partial charge on any atom is -0.310 e. The minimum absolute atomic E-state index is 0.431. The van der Waals surface area contributed by atoms with E-state index >= 15 is 0 Å². The maximum atomic E-state index is 12.9. The normalized spacial score (nSPS) is 18.2. The first-order chi connectivity index (χ1) is 7.65. The lowest BCUT2D eigenvalue weighted by atomic mass is 9.80. The molecule has 1 aromatic rings. The molecule has 1 aliphatic carbocycles. The fraction of sp³-hybridized carbons (Fsp3) is 0.538. The molecule has 2 rings (SSSR count). The Morgan fingerprint density at radius 1 is 1.25 bits per heavy atom. The molecule has 0 radical (unpaired) electrons. The smallest absolute Gasteiger partial charge is 0.126 e. The third-order valence-corrected chi connectivity index (χ3v) is 3.41. The zero-order chi connectivity index (χ0) is 11.5. The Morgan fingerprint density at radius 3 is 2.38 bits per heavy atom. The molecule has 0 heterocycles. The zero-order valence-corrected chi connectivity index (χ0v) is 9.47. The lowest BCUT2D eigenvalue weighted by Crippen LogP contribution is -2.36. The summed E-state index contributed by atoms with van der Waals surface area (Å²) < 4.78 is 25.8. The highest BCUT2D eigenvalue weighted by molar-refractivity contribution is 5.17. The molecule has 1 nitrogen and oxygen atoms in total. The van der Waals surface area contributed by atoms with Crippen LogP contribution in [0.1, 0.15) is 31.7 Å². The van der Waals surface area contributed by atoms with Gasteiger partial charge in [-0.15, -0.1) is 0 Å². The van der Waals surface area contributed by atoms with Crippen LogP contribution in [0.3, 0.4) is 0 Å². The van der Waals surface area contributed by atoms with Crippen molar-refractivity contribution in [3.8, 4) is 0 Å². The molecule has 1 fully saturated rings. The summed E-state index contributed by atoms with van der Waals surface area (Å²) >= 11 is 0. The van der Waals surface area contributed by atoms with Gasteiger partial charge in [-0.05, 0) is 43.4 Å². The second-order valence-corrected chi connectivity index (χ2v) is 4.64. The molecule has 1 atom stereocenters. The Hall–Kier alpha value is -0.960. The van der Waals surface area contributed by atoms with Crippen LogP contribution in [0.2, 0.25) is 0 Å². The number of rotatable bonds is 4. The molecular formula is C13H17F2N. The summed E-state index contributed by atoms with van der Waals surface area (Å²) in [4.78, 5) is 0. The molecule has 88 valence electrons. The third kappa shape index (κ3) is 2.79. The maximum absolute atomic E-state index is 12.9. The Labute approximate surface area is 94.9 Å². The molecule has 0 amide bonds. The molecule has 0 spiro atoms. The van der Waals surface area contributed by atoms with E-state index in [-0.39, 0.29) is 0 Å². The molecule has 1 N–H and O–H groups in total. The quantitative estimate of drug-likeness (QED) is 0.829. The number of nitrogens with one attached hydrogen (secondary N) is 1. The first kappa shape index (κ1) is 11.5. The highest BCUT2D eigenvalue weighted by Crippen LogP contribution is 2.29. The largest absolute Gasteiger partial charge is 0.310 e. The van der Waals surface area contributed by atoms with E-state index in [0.29, 0.717) is 18.2 Å². The average molecular weight is 225 g/mol. The Kier molecular flexibility index (Phi) is 3.54. The predicted molar refractivity (Wildman–Crippen MR) is 60.0 cm³/mol. The summed E-state index contributed by atoms with van der Waals surface area (Å²) in [5, 5.41) is 3.32. The monoisotopic (exact) mass is 225 g/mol. The van der Waals surface area contributed by atoms with Crippen molar-refractivity contribution in [2.24, 2.45) is 5.92 Å². The molecule has 0 bridgehead atoms. The van der Waals surface area contributed by atoms with Gasteiger partial charge in [0.2, 0.25) is 0 Å². The third-order valence-electron chi connectivity index (χ3n) is 3.41. The molecule has 0 aromatic heterocycles. The highest BCUT2D eigenvalue weighted by Gasteiger charge is 2.23. The van der Waals surface area contributed by atoms with E-state index in [9.17, 15) is 8.78 Å². The fourth-order valence-corrected chi connectivity index (χ4v) is 2.10. The number of hydrogen-bond acceptors (Lipinski definition) is 1. The predicted octanol–water partition coefficient (Wildman–Crippen LogP) is 3.24. The van der Waals surface area contributed by atoms with E-state index in [1.165, 1.54) is 31.4 Å². The lowest BCUT2D eigenvalue weighted by molar-refractivity contribution is 0.240. The van der Waals surface area contributed by atoms with Crippen molar-refractivity contribution in [1.29, 1.82) is 0 Å². The van der Waals surface area contributed by atoms with Crippen molar-refractivity contribution >= 4 is 0 Å². The van der Waals surface area contributed by atoms with Crippen molar-refractivity contribution in [2.45, 2.75) is 38.8 Å². The fourth-order valence-electron chi connectivity index (χ4n) is 2.10. The van der Waals surface area contributed by atoms with Crippen molar-refractivity contribution in [1.82, 2.24) is 5.32 Å². The second-order valence-electron chi connectivity index (χ2n) is 4.64. The van der Waals surface area contributed by atoms with E-state index < -0.39 is 11.6 Å². The van der Waals surface area contributed by atoms with E-state index in [0.717, 1.165) is 12.0 Å². The average Bonchev–Trinajstić information content (AvgIpc) is 2.10. The maximum Gasteiger partial charge on any atom is 0.126 e. The molecule has 0 saturated heterocycles. The topological polar surface area (TPSA) is 12.0 Å². The van der Waals surface area contributed by atoms with E-state index in [1.807, 2.05) is 0 Å². The van der Waals surface area contributed by atoms with E-state index in [4.69, 9.17) is 0 Å². The summed E-state index contributed by atoms with van der Waals surface area (Å²) in [7, 11) is 0. The van der Waals surface area contributed by atoms with Crippen molar-refractivity contribution in [3.05, 3.63) is 35.4 Å². The molecule has 1 aromatic carbocycles. The highest BCUT2D eigenvalue weighted by atomic mass is 19.1. The standard InChI is InChI=1S/C13H17F2N/c1-9(11-3-2-4-11)16-8-10-5-12(14)7-13(15)6-10/h5-7,9,11,16H,2-4,8H2,1H3. The van der Waals surface area contributed by atoms with Crippen LogP contribution in [0.15, 0.2) is 18.2 Å². The number of benzene rings is 1. The second kappa shape index (κ2) is 4.91. The summed E-state index contributed by atoms with van der Waals surface area (Å²) in [6.07, 6.45) is 3.85. The van der Waals surface area contributed by atoms with Gasteiger partial charge in [0, 0.05) is 18.7 Å². The first-order valence-electron chi connectivity index (χ1n) is 5.83. The van der Waals surface area contributed by atoms with E-state index in [2.05, 4.69) is 12.2 Å². The van der Waals surface area contributed by atoms with Crippen molar-refractivity contribution in [2.75, 3.05) is 0 Å². The van der Waals surface area contributed by atoms with Crippen molar-refractivity contribution in [3.63, 3.8) is 0 Å². The van der Waals surface area contributed by atoms with Gasteiger partial charge in [-0.2, -0.15) is 0 Å².